The summed E-state index contributed by atoms with van der Waals surface area (Å²) in [5.74, 6) is 0. The van der Waals surface area contributed by atoms with E-state index in [1.165, 1.54) is 6.42 Å². The van der Waals surface area contributed by atoms with Crippen LogP contribution < -0.4 is 5.32 Å². The van der Waals surface area contributed by atoms with Gasteiger partial charge >= 0.3 is 0 Å². The molecule has 1 heterocycles. The summed E-state index contributed by atoms with van der Waals surface area (Å²) < 4.78 is 5.90. The van der Waals surface area contributed by atoms with Gasteiger partial charge in [0.05, 0.1) is 6.10 Å². The second-order valence-electron chi connectivity index (χ2n) is 5.77. The molecule has 2 atom stereocenters. The molecule has 14 heavy (non-hydrogen) atoms. The molecule has 0 aliphatic carbocycles. The Labute approximate surface area is 88.4 Å². The third kappa shape index (κ3) is 2.96. The van der Waals surface area contributed by atoms with Gasteiger partial charge in [-0.25, -0.2) is 0 Å². The van der Waals surface area contributed by atoms with Crippen LogP contribution in [0.5, 0.6) is 0 Å². The monoisotopic (exact) mass is 199 g/mol. The van der Waals surface area contributed by atoms with Gasteiger partial charge in [-0.15, -0.1) is 0 Å². The molecule has 0 spiro atoms. The minimum absolute atomic E-state index is 0.242. The molecular weight excluding hydrogens is 174 g/mol. The summed E-state index contributed by atoms with van der Waals surface area (Å²) in [5, 5.41) is 3.64. The molecule has 0 aromatic carbocycles. The molecule has 2 nitrogen and oxygen atoms in total. The fourth-order valence-electron chi connectivity index (χ4n) is 1.77. The topological polar surface area (TPSA) is 21.3 Å². The number of rotatable bonds is 1. The predicted molar refractivity (Wildman–Crippen MR) is 60.5 cm³/mol. The summed E-state index contributed by atoms with van der Waals surface area (Å²) in [6.45, 7) is 13.1. The van der Waals surface area contributed by atoms with Gasteiger partial charge in [-0.2, -0.15) is 0 Å². The summed E-state index contributed by atoms with van der Waals surface area (Å²) in [5.41, 5.74) is 0.520. The molecule has 0 radical (unpaired) electrons. The van der Waals surface area contributed by atoms with Gasteiger partial charge in [0.25, 0.3) is 0 Å². The van der Waals surface area contributed by atoms with Crippen molar-refractivity contribution >= 4 is 0 Å². The van der Waals surface area contributed by atoms with E-state index >= 15 is 0 Å². The Hall–Kier alpha value is -0.0800. The molecule has 2 heteroatoms. The lowest BCUT2D eigenvalue weighted by atomic mass is 9.88. The third-order valence-electron chi connectivity index (χ3n) is 3.43. The van der Waals surface area contributed by atoms with Crippen LogP contribution in [-0.2, 0) is 4.74 Å². The SMILES string of the molecule is CCC1(C)CCOC(C(C)(C)C)CN1. The van der Waals surface area contributed by atoms with Gasteiger partial charge in [-0.1, -0.05) is 27.7 Å². The minimum Gasteiger partial charge on any atom is -0.376 e. The van der Waals surface area contributed by atoms with Crippen molar-refractivity contribution in [3.8, 4) is 0 Å². The van der Waals surface area contributed by atoms with Gasteiger partial charge in [-0.05, 0) is 25.2 Å². The van der Waals surface area contributed by atoms with Crippen LogP contribution in [-0.4, -0.2) is 24.8 Å². The smallest absolute Gasteiger partial charge is 0.0747 e. The lowest BCUT2D eigenvalue weighted by Crippen LogP contribution is -2.45. The first kappa shape index (κ1) is 12.0. The molecular formula is C12H25NO. The van der Waals surface area contributed by atoms with E-state index in [2.05, 4.69) is 39.9 Å². The average Bonchev–Trinajstić information content (AvgIpc) is 2.27. The molecule has 0 bridgehead atoms. The quantitative estimate of drug-likeness (QED) is 0.701. The van der Waals surface area contributed by atoms with E-state index in [9.17, 15) is 0 Å². The van der Waals surface area contributed by atoms with Crippen molar-refractivity contribution in [2.24, 2.45) is 5.41 Å². The average molecular weight is 199 g/mol. The van der Waals surface area contributed by atoms with Crippen LogP contribution in [0.1, 0.15) is 47.5 Å². The maximum absolute atomic E-state index is 5.90. The first-order chi connectivity index (χ1) is 6.37. The number of hydrogen-bond donors (Lipinski definition) is 1. The van der Waals surface area contributed by atoms with Crippen molar-refractivity contribution in [1.82, 2.24) is 5.32 Å². The van der Waals surface area contributed by atoms with Gasteiger partial charge in [-0.3, -0.25) is 0 Å². The number of nitrogens with one attached hydrogen (secondary N) is 1. The first-order valence-corrected chi connectivity index (χ1v) is 5.74. The summed E-state index contributed by atoms with van der Waals surface area (Å²) >= 11 is 0. The Morgan fingerprint density at radius 2 is 2.07 bits per heavy atom. The maximum atomic E-state index is 5.90. The van der Waals surface area contributed by atoms with E-state index in [0.717, 1.165) is 19.6 Å². The lowest BCUT2D eigenvalue weighted by molar-refractivity contribution is -0.00589. The van der Waals surface area contributed by atoms with Crippen molar-refractivity contribution in [3.63, 3.8) is 0 Å². The fourth-order valence-corrected chi connectivity index (χ4v) is 1.77. The summed E-state index contributed by atoms with van der Waals surface area (Å²) in [6.07, 6.45) is 2.64. The van der Waals surface area contributed by atoms with E-state index in [1.54, 1.807) is 0 Å². The van der Waals surface area contributed by atoms with Crippen molar-refractivity contribution in [2.75, 3.05) is 13.2 Å². The molecule has 0 aromatic rings. The van der Waals surface area contributed by atoms with Crippen LogP contribution in [0.4, 0.5) is 0 Å². The van der Waals surface area contributed by atoms with Gasteiger partial charge in [0.2, 0.25) is 0 Å². The van der Waals surface area contributed by atoms with Crippen molar-refractivity contribution in [2.45, 2.75) is 59.1 Å². The van der Waals surface area contributed by atoms with Crippen LogP contribution in [0.3, 0.4) is 0 Å². The van der Waals surface area contributed by atoms with E-state index in [1.807, 2.05) is 0 Å². The van der Waals surface area contributed by atoms with E-state index < -0.39 is 0 Å². The molecule has 1 saturated heterocycles. The van der Waals surface area contributed by atoms with E-state index in [-0.39, 0.29) is 11.0 Å². The van der Waals surface area contributed by atoms with Gasteiger partial charge in [0, 0.05) is 18.7 Å². The zero-order chi connectivity index (χ0) is 10.8. The van der Waals surface area contributed by atoms with Crippen molar-refractivity contribution < 1.29 is 4.74 Å². The minimum atomic E-state index is 0.242. The van der Waals surface area contributed by atoms with Crippen LogP contribution >= 0.6 is 0 Å². The molecule has 84 valence electrons. The lowest BCUT2D eigenvalue weighted by Gasteiger charge is -2.31. The highest BCUT2D eigenvalue weighted by Crippen LogP contribution is 2.26. The number of hydrogen-bond acceptors (Lipinski definition) is 2. The molecule has 0 amide bonds. The Morgan fingerprint density at radius 1 is 1.43 bits per heavy atom. The van der Waals surface area contributed by atoms with Gasteiger partial charge in [0.15, 0.2) is 0 Å². The second kappa shape index (κ2) is 4.19. The Kier molecular flexibility index (Phi) is 3.59. The Bertz CT molecular complexity index is 185. The Balaban J connectivity index is 2.57. The van der Waals surface area contributed by atoms with Crippen molar-refractivity contribution in [3.05, 3.63) is 0 Å². The van der Waals surface area contributed by atoms with Crippen LogP contribution in [0.15, 0.2) is 0 Å². The van der Waals surface area contributed by atoms with Gasteiger partial charge in [0.1, 0.15) is 0 Å². The largest absolute Gasteiger partial charge is 0.376 e. The molecule has 1 rings (SSSR count). The molecule has 1 aliphatic heterocycles. The molecule has 1 N–H and O–H groups in total. The summed E-state index contributed by atoms with van der Waals surface area (Å²) in [7, 11) is 0. The highest BCUT2D eigenvalue weighted by Gasteiger charge is 2.32. The standard InChI is InChI=1S/C12H25NO/c1-6-12(5)7-8-14-10(9-13-12)11(2,3)4/h10,13H,6-9H2,1-5H3. The molecule has 1 aliphatic rings. The van der Waals surface area contributed by atoms with E-state index in [4.69, 9.17) is 4.74 Å². The number of ether oxygens (including phenoxy) is 1. The zero-order valence-electron chi connectivity index (χ0n) is 10.3. The third-order valence-corrected chi connectivity index (χ3v) is 3.43. The van der Waals surface area contributed by atoms with E-state index in [0.29, 0.717) is 6.10 Å². The highest BCUT2D eigenvalue weighted by atomic mass is 16.5. The predicted octanol–water partition coefficient (Wildman–Crippen LogP) is 2.58. The first-order valence-electron chi connectivity index (χ1n) is 5.74. The molecule has 0 aromatic heterocycles. The highest BCUT2D eigenvalue weighted by molar-refractivity contribution is 4.88. The maximum Gasteiger partial charge on any atom is 0.0747 e. The second-order valence-corrected chi connectivity index (χ2v) is 5.77. The van der Waals surface area contributed by atoms with Crippen LogP contribution in [0.2, 0.25) is 0 Å². The molecule has 1 fully saturated rings. The molecule has 0 saturated carbocycles. The van der Waals surface area contributed by atoms with Crippen LogP contribution in [0, 0.1) is 5.41 Å². The summed E-state index contributed by atoms with van der Waals surface area (Å²) in [6, 6.07) is 0. The Morgan fingerprint density at radius 3 is 2.57 bits per heavy atom. The normalized spacial score (nSPS) is 35.4. The zero-order valence-corrected chi connectivity index (χ0v) is 10.3. The summed E-state index contributed by atoms with van der Waals surface area (Å²) in [4.78, 5) is 0. The molecule has 2 unspecified atom stereocenters. The van der Waals surface area contributed by atoms with Crippen LogP contribution in [0.25, 0.3) is 0 Å². The fraction of sp³-hybridized carbons (Fsp3) is 1.00. The van der Waals surface area contributed by atoms with Gasteiger partial charge < -0.3 is 10.1 Å². The van der Waals surface area contributed by atoms with Crippen molar-refractivity contribution in [1.29, 1.82) is 0 Å².